The van der Waals surface area contributed by atoms with Gasteiger partial charge in [-0.05, 0) is 5.56 Å². The van der Waals surface area contributed by atoms with Crippen molar-refractivity contribution in [3.63, 3.8) is 0 Å². The zero-order valence-electron chi connectivity index (χ0n) is 16.8. The second kappa shape index (κ2) is 10.4. The molecule has 0 bridgehead atoms. The molecule has 0 saturated carbocycles. The molecule has 0 aliphatic heterocycles. The third-order valence-corrected chi connectivity index (χ3v) is 4.40. The Labute approximate surface area is 165 Å². The van der Waals surface area contributed by atoms with E-state index in [1.54, 1.807) is 39.1 Å². The first-order valence-corrected chi connectivity index (χ1v) is 9.04. The molecule has 9 heteroatoms. The number of ether oxygens (including phenoxy) is 1. The summed E-state index contributed by atoms with van der Waals surface area (Å²) in [7, 11) is 6.60. The van der Waals surface area contributed by atoms with Crippen molar-refractivity contribution in [2.45, 2.75) is 25.2 Å². The fourth-order valence-corrected chi connectivity index (χ4v) is 2.84. The van der Waals surface area contributed by atoms with Crippen LogP contribution in [0.25, 0.3) is 0 Å². The number of nitrogens with two attached hydrogens (primary N) is 1. The van der Waals surface area contributed by atoms with Crippen molar-refractivity contribution in [3.8, 4) is 0 Å². The number of nitrogens with one attached hydrogen (secondary N) is 3. The van der Waals surface area contributed by atoms with E-state index < -0.39 is 6.23 Å². The number of imidazole rings is 1. The second-order valence-electron chi connectivity index (χ2n) is 6.18. The van der Waals surface area contributed by atoms with Gasteiger partial charge in [-0.25, -0.2) is 4.98 Å². The van der Waals surface area contributed by atoms with Crippen molar-refractivity contribution >= 4 is 17.6 Å². The average molecular weight is 387 g/mol. The molecule has 0 aliphatic rings. The van der Waals surface area contributed by atoms with Gasteiger partial charge in [0.15, 0.2) is 11.5 Å². The van der Waals surface area contributed by atoms with E-state index in [1.165, 1.54) is 0 Å². The molecular formula is C19H29N7O2. The Morgan fingerprint density at radius 2 is 2.04 bits per heavy atom. The Morgan fingerprint density at radius 1 is 1.32 bits per heavy atom. The van der Waals surface area contributed by atoms with Crippen LogP contribution in [0.4, 0.5) is 5.82 Å². The number of anilines is 1. The average Bonchev–Trinajstić information content (AvgIpc) is 3.14. The summed E-state index contributed by atoms with van der Waals surface area (Å²) in [6.07, 6.45) is 1.72. The van der Waals surface area contributed by atoms with Gasteiger partial charge in [0.2, 0.25) is 0 Å². The van der Waals surface area contributed by atoms with E-state index in [-0.39, 0.29) is 11.9 Å². The number of amidine groups is 1. The lowest BCUT2D eigenvalue weighted by atomic mass is 10.0. The van der Waals surface area contributed by atoms with E-state index in [1.807, 2.05) is 30.3 Å². The molecule has 1 aromatic heterocycles. The molecule has 2 aromatic rings. The molecule has 152 valence electrons. The van der Waals surface area contributed by atoms with Gasteiger partial charge in [0.1, 0.15) is 6.23 Å². The Bertz CT molecular complexity index is 789. The minimum Gasteiger partial charge on any atom is -0.371 e. The molecular weight excluding hydrogens is 358 g/mol. The zero-order valence-corrected chi connectivity index (χ0v) is 16.8. The number of hydrogen-bond donors (Lipinski definition) is 4. The van der Waals surface area contributed by atoms with Gasteiger partial charge < -0.3 is 31.0 Å². The molecule has 1 amide bonds. The fraction of sp³-hybridized carbons (Fsp3) is 0.421. The SMILES string of the molecule is C/N=C(\CC(N)c1ccccc1)NC(Cn1cnc(NC)c1C(=O)NC)OC. The van der Waals surface area contributed by atoms with E-state index >= 15 is 0 Å². The van der Waals surface area contributed by atoms with Crippen molar-refractivity contribution in [3.05, 3.63) is 47.9 Å². The second-order valence-corrected chi connectivity index (χ2v) is 6.18. The van der Waals surface area contributed by atoms with Crippen molar-refractivity contribution in [2.75, 3.05) is 33.6 Å². The highest BCUT2D eigenvalue weighted by molar-refractivity contribution is 5.97. The lowest BCUT2D eigenvalue weighted by Gasteiger charge is -2.22. The van der Waals surface area contributed by atoms with Crippen LogP contribution in [0, 0.1) is 0 Å². The number of hydrogen-bond acceptors (Lipinski definition) is 6. The molecule has 2 atom stereocenters. The molecule has 2 unspecified atom stereocenters. The monoisotopic (exact) mass is 387 g/mol. The highest BCUT2D eigenvalue weighted by Crippen LogP contribution is 2.15. The number of nitrogens with zero attached hydrogens (tertiary/aromatic N) is 3. The number of amides is 1. The number of methoxy groups -OCH3 is 1. The highest BCUT2D eigenvalue weighted by atomic mass is 16.5. The Hall–Kier alpha value is -2.91. The first-order chi connectivity index (χ1) is 13.5. The molecule has 1 heterocycles. The van der Waals surface area contributed by atoms with Crippen LogP contribution in [-0.2, 0) is 11.3 Å². The first-order valence-electron chi connectivity index (χ1n) is 9.04. The van der Waals surface area contributed by atoms with Gasteiger partial charge in [0, 0.05) is 40.7 Å². The van der Waals surface area contributed by atoms with Crippen molar-refractivity contribution in [1.82, 2.24) is 20.2 Å². The number of rotatable bonds is 9. The van der Waals surface area contributed by atoms with Gasteiger partial charge in [-0.3, -0.25) is 9.79 Å². The standard InChI is InChI=1S/C19H29N7O2/c1-21-15(10-14(20)13-8-6-5-7-9-13)25-16(28-4)11-26-12-24-18(22-2)17(26)19(27)23-3/h5-9,12,14,16,22H,10-11,20H2,1-4H3,(H,21,25)(H,23,27). The lowest BCUT2D eigenvalue weighted by Crippen LogP contribution is -2.41. The Balaban J connectivity index is 2.09. The molecule has 5 N–H and O–H groups in total. The van der Waals surface area contributed by atoms with Gasteiger partial charge in [0.25, 0.3) is 5.91 Å². The van der Waals surface area contributed by atoms with E-state index in [9.17, 15) is 4.79 Å². The third-order valence-electron chi connectivity index (χ3n) is 4.40. The maximum absolute atomic E-state index is 12.2. The van der Waals surface area contributed by atoms with E-state index in [0.29, 0.717) is 24.5 Å². The molecule has 0 fully saturated rings. The minimum absolute atomic E-state index is 0.185. The molecule has 0 saturated heterocycles. The van der Waals surface area contributed by atoms with E-state index in [4.69, 9.17) is 10.5 Å². The quantitative estimate of drug-likeness (QED) is 0.289. The van der Waals surface area contributed by atoms with Crippen LogP contribution in [0.3, 0.4) is 0 Å². The molecule has 1 aromatic carbocycles. The molecule has 28 heavy (non-hydrogen) atoms. The number of aromatic nitrogens is 2. The van der Waals surface area contributed by atoms with Gasteiger partial charge >= 0.3 is 0 Å². The summed E-state index contributed by atoms with van der Waals surface area (Å²) < 4.78 is 7.28. The third kappa shape index (κ3) is 5.30. The summed E-state index contributed by atoms with van der Waals surface area (Å²) in [5.74, 6) is 0.996. The van der Waals surface area contributed by atoms with Crippen molar-refractivity contribution in [1.29, 1.82) is 0 Å². The van der Waals surface area contributed by atoms with Crippen LogP contribution in [0.2, 0.25) is 0 Å². The van der Waals surface area contributed by atoms with Crippen molar-refractivity contribution in [2.24, 2.45) is 10.7 Å². The van der Waals surface area contributed by atoms with Crippen LogP contribution in [0.5, 0.6) is 0 Å². The maximum atomic E-state index is 12.2. The van der Waals surface area contributed by atoms with Crippen LogP contribution in [0.1, 0.15) is 28.5 Å². The predicted octanol–water partition coefficient (Wildman–Crippen LogP) is 0.965. The Morgan fingerprint density at radius 3 is 2.61 bits per heavy atom. The predicted molar refractivity (Wildman–Crippen MR) is 110 cm³/mol. The highest BCUT2D eigenvalue weighted by Gasteiger charge is 2.20. The van der Waals surface area contributed by atoms with E-state index in [2.05, 4.69) is 25.9 Å². The largest absolute Gasteiger partial charge is 0.371 e. The lowest BCUT2D eigenvalue weighted by molar-refractivity contribution is 0.0736. The van der Waals surface area contributed by atoms with Crippen LogP contribution in [0.15, 0.2) is 41.7 Å². The summed E-state index contributed by atoms with van der Waals surface area (Å²) in [6.45, 7) is 0.369. The number of carbonyl (C=O) groups is 1. The summed E-state index contributed by atoms with van der Waals surface area (Å²) >= 11 is 0. The van der Waals surface area contributed by atoms with Crippen LogP contribution >= 0.6 is 0 Å². The zero-order chi connectivity index (χ0) is 20.5. The molecule has 2 rings (SSSR count). The Kier molecular flexibility index (Phi) is 7.97. The maximum Gasteiger partial charge on any atom is 0.271 e. The summed E-state index contributed by atoms with van der Waals surface area (Å²) in [5, 5.41) is 8.81. The van der Waals surface area contributed by atoms with Crippen LogP contribution < -0.4 is 21.7 Å². The van der Waals surface area contributed by atoms with Gasteiger partial charge in [-0.15, -0.1) is 0 Å². The summed E-state index contributed by atoms with van der Waals surface area (Å²) in [6, 6.07) is 9.68. The molecule has 0 spiro atoms. The van der Waals surface area contributed by atoms with Gasteiger partial charge in [0.05, 0.1) is 18.7 Å². The summed E-state index contributed by atoms with van der Waals surface area (Å²) in [4.78, 5) is 20.8. The van der Waals surface area contributed by atoms with E-state index in [0.717, 1.165) is 11.4 Å². The summed E-state index contributed by atoms with van der Waals surface area (Å²) in [5.41, 5.74) is 7.78. The van der Waals surface area contributed by atoms with Gasteiger partial charge in [-0.1, -0.05) is 30.3 Å². The van der Waals surface area contributed by atoms with Crippen molar-refractivity contribution < 1.29 is 9.53 Å². The minimum atomic E-state index is -0.413. The van der Waals surface area contributed by atoms with Crippen LogP contribution in [-0.4, -0.2) is 55.8 Å². The molecule has 0 aliphatic carbocycles. The number of benzene rings is 1. The van der Waals surface area contributed by atoms with Gasteiger partial charge in [-0.2, -0.15) is 0 Å². The molecule has 0 radical (unpaired) electrons. The first kappa shape index (κ1) is 21.4. The smallest absolute Gasteiger partial charge is 0.271 e. The fourth-order valence-electron chi connectivity index (χ4n) is 2.84. The molecule has 9 nitrogen and oxygen atoms in total. The normalized spacial score (nSPS) is 13.7. The number of aliphatic imine (C=N–C) groups is 1. The number of carbonyl (C=O) groups excluding carboxylic acids is 1. The topological polar surface area (TPSA) is 119 Å².